The summed E-state index contributed by atoms with van der Waals surface area (Å²) in [6.45, 7) is 1.82. The highest BCUT2D eigenvalue weighted by atomic mass is 79.9. The number of hydrogen-bond acceptors (Lipinski definition) is 3. The molecule has 21 heavy (non-hydrogen) atoms. The van der Waals surface area contributed by atoms with Gasteiger partial charge in [-0.2, -0.15) is 0 Å². The van der Waals surface area contributed by atoms with Crippen molar-refractivity contribution < 1.29 is 14.7 Å². The lowest BCUT2D eigenvalue weighted by molar-refractivity contribution is 0.0689. The zero-order chi connectivity index (χ0) is 15.4. The van der Waals surface area contributed by atoms with Crippen LogP contribution in [-0.4, -0.2) is 22.0 Å². The van der Waals surface area contributed by atoms with Gasteiger partial charge in [0, 0.05) is 10.7 Å². The number of carbonyl (C=O) groups is 2. The number of pyridine rings is 1. The summed E-state index contributed by atoms with van der Waals surface area (Å²) in [5, 5.41) is 11.8. The van der Waals surface area contributed by atoms with Gasteiger partial charge in [0.15, 0.2) is 0 Å². The highest BCUT2D eigenvalue weighted by Gasteiger charge is 2.19. The molecule has 2 aromatic rings. The average molecular weight is 349 g/mol. The third kappa shape index (κ3) is 3.66. The van der Waals surface area contributed by atoms with Crippen molar-refractivity contribution in [2.24, 2.45) is 0 Å². The van der Waals surface area contributed by atoms with Gasteiger partial charge in [0.25, 0.3) is 5.91 Å². The summed E-state index contributed by atoms with van der Waals surface area (Å²) in [5.74, 6) is -1.69. The predicted molar refractivity (Wildman–Crippen MR) is 81.2 cm³/mol. The van der Waals surface area contributed by atoms with E-state index in [9.17, 15) is 9.59 Å². The first kappa shape index (κ1) is 15.2. The van der Waals surface area contributed by atoms with Gasteiger partial charge in [-0.15, -0.1) is 0 Å². The lowest BCUT2D eigenvalue weighted by atomic mass is 10.1. The monoisotopic (exact) mass is 348 g/mol. The molecule has 6 heteroatoms. The maximum absolute atomic E-state index is 12.2. The van der Waals surface area contributed by atoms with Crippen LogP contribution in [-0.2, 0) is 0 Å². The second kappa shape index (κ2) is 6.49. The first-order valence-corrected chi connectivity index (χ1v) is 7.03. The SMILES string of the molecule is C[C@@H](NC(=O)c1ncccc1C(=O)O)c1cccc(Br)c1. The van der Waals surface area contributed by atoms with Crippen molar-refractivity contribution in [1.82, 2.24) is 10.3 Å². The summed E-state index contributed by atoms with van der Waals surface area (Å²) < 4.78 is 0.908. The van der Waals surface area contributed by atoms with Crippen LogP contribution in [0, 0.1) is 0 Å². The molecular formula is C15H13BrN2O3. The van der Waals surface area contributed by atoms with Crippen molar-refractivity contribution in [2.45, 2.75) is 13.0 Å². The third-order valence-electron chi connectivity index (χ3n) is 2.95. The highest BCUT2D eigenvalue weighted by Crippen LogP contribution is 2.18. The van der Waals surface area contributed by atoms with Gasteiger partial charge in [-0.25, -0.2) is 4.79 Å². The smallest absolute Gasteiger partial charge is 0.338 e. The standard InChI is InChI=1S/C15H13BrN2O3/c1-9(10-4-2-5-11(16)8-10)18-14(19)13-12(15(20)21)6-3-7-17-13/h2-9H,1H3,(H,18,19)(H,20,21)/t9-/m1/s1. The van der Waals surface area contributed by atoms with Crippen molar-refractivity contribution in [3.05, 3.63) is 63.9 Å². The van der Waals surface area contributed by atoms with E-state index in [-0.39, 0.29) is 17.3 Å². The summed E-state index contributed by atoms with van der Waals surface area (Å²) in [6.07, 6.45) is 1.39. The number of aromatic carboxylic acids is 1. The van der Waals surface area contributed by atoms with Crippen LogP contribution < -0.4 is 5.32 Å². The minimum Gasteiger partial charge on any atom is -0.478 e. The molecule has 0 unspecified atom stereocenters. The van der Waals surface area contributed by atoms with E-state index in [1.54, 1.807) is 0 Å². The fourth-order valence-corrected chi connectivity index (χ4v) is 2.30. The van der Waals surface area contributed by atoms with Crippen molar-refractivity contribution in [3.8, 4) is 0 Å². The minimum absolute atomic E-state index is 0.0909. The molecule has 1 atom stereocenters. The number of halogens is 1. The van der Waals surface area contributed by atoms with Gasteiger partial charge < -0.3 is 10.4 Å². The van der Waals surface area contributed by atoms with E-state index >= 15 is 0 Å². The number of carbonyl (C=O) groups excluding carboxylic acids is 1. The number of benzene rings is 1. The Morgan fingerprint density at radius 3 is 2.71 bits per heavy atom. The second-order valence-electron chi connectivity index (χ2n) is 4.45. The molecule has 0 aliphatic rings. The molecule has 0 radical (unpaired) electrons. The molecule has 0 aliphatic carbocycles. The fraction of sp³-hybridized carbons (Fsp3) is 0.133. The molecule has 1 amide bonds. The van der Waals surface area contributed by atoms with Gasteiger partial charge >= 0.3 is 5.97 Å². The van der Waals surface area contributed by atoms with Crippen molar-refractivity contribution in [2.75, 3.05) is 0 Å². The van der Waals surface area contributed by atoms with Crippen LogP contribution in [0.5, 0.6) is 0 Å². The van der Waals surface area contributed by atoms with Crippen LogP contribution in [0.1, 0.15) is 39.4 Å². The van der Waals surface area contributed by atoms with E-state index in [0.29, 0.717) is 0 Å². The maximum Gasteiger partial charge on any atom is 0.338 e. The van der Waals surface area contributed by atoms with E-state index in [1.807, 2.05) is 31.2 Å². The Hall–Kier alpha value is -2.21. The van der Waals surface area contributed by atoms with Gasteiger partial charge in [0.2, 0.25) is 0 Å². The van der Waals surface area contributed by atoms with E-state index in [2.05, 4.69) is 26.2 Å². The number of carboxylic acid groups (broad SMARTS) is 1. The van der Waals surface area contributed by atoms with Gasteiger partial charge in [0.05, 0.1) is 11.6 Å². The number of rotatable bonds is 4. The zero-order valence-corrected chi connectivity index (χ0v) is 12.8. The van der Waals surface area contributed by atoms with Crippen molar-refractivity contribution in [1.29, 1.82) is 0 Å². The quantitative estimate of drug-likeness (QED) is 0.889. The predicted octanol–water partition coefficient (Wildman–Crippen LogP) is 3.03. The molecule has 1 aromatic heterocycles. The zero-order valence-electron chi connectivity index (χ0n) is 11.2. The fourth-order valence-electron chi connectivity index (χ4n) is 1.88. The molecule has 2 N–H and O–H groups in total. The Labute approximate surface area is 130 Å². The lowest BCUT2D eigenvalue weighted by Crippen LogP contribution is -2.29. The lowest BCUT2D eigenvalue weighted by Gasteiger charge is -2.15. The van der Waals surface area contributed by atoms with Gasteiger partial charge in [0.1, 0.15) is 5.69 Å². The van der Waals surface area contributed by atoms with Crippen LogP contribution in [0.2, 0.25) is 0 Å². The van der Waals surface area contributed by atoms with Crippen molar-refractivity contribution >= 4 is 27.8 Å². The molecule has 0 bridgehead atoms. The minimum atomic E-state index is -1.18. The van der Waals surface area contributed by atoms with E-state index in [1.165, 1.54) is 18.3 Å². The molecule has 0 spiro atoms. The van der Waals surface area contributed by atoms with Gasteiger partial charge in [-0.05, 0) is 36.8 Å². The largest absolute Gasteiger partial charge is 0.478 e. The molecule has 0 fully saturated rings. The molecule has 108 valence electrons. The molecule has 5 nitrogen and oxygen atoms in total. The van der Waals surface area contributed by atoms with Crippen LogP contribution in [0.3, 0.4) is 0 Å². The summed E-state index contributed by atoms with van der Waals surface area (Å²) in [7, 11) is 0. The Kier molecular flexibility index (Phi) is 4.70. The number of nitrogens with zero attached hydrogens (tertiary/aromatic N) is 1. The average Bonchev–Trinajstić information content (AvgIpc) is 2.47. The van der Waals surface area contributed by atoms with Gasteiger partial charge in [-0.1, -0.05) is 28.1 Å². The van der Waals surface area contributed by atoms with E-state index < -0.39 is 11.9 Å². The van der Waals surface area contributed by atoms with Crippen LogP contribution in [0.25, 0.3) is 0 Å². The second-order valence-corrected chi connectivity index (χ2v) is 5.37. The maximum atomic E-state index is 12.2. The Balaban J connectivity index is 2.20. The highest BCUT2D eigenvalue weighted by molar-refractivity contribution is 9.10. The number of hydrogen-bond donors (Lipinski definition) is 2. The Bertz CT molecular complexity index is 688. The molecule has 1 heterocycles. The van der Waals surface area contributed by atoms with Crippen LogP contribution in [0.4, 0.5) is 0 Å². The van der Waals surface area contributed by atoms with Crippen LogP contribution in [0.15, 0.2) is 47.1 Å². The first-order valence-electron chi connectivity index (χ1n) is 6.23. The third-order valence-corrected chi connectivity index (χ3v) is 3.44. The Morgan fingerprint density at radius 2 is 2.05 bits per heavy atom. The molecule has 1 aromatic carbocycles. The summed E-state index contributed by atoms with van der Waals surface area (Å²) in [4.78, 5) is 27.2. The summed E-state index contributed by atoms with van der Waals surface area (Å²) in [6, 6.07) is 10.1. The number of amides is 1. The van der Waals surface area contributed by atoms with E-state index in [4.69, 9.17) is 5.11 Å². The molecular weight excluding hydrogens is 336 g/mol. The van der Waals surface area contributed by atoms with Crippen molar-refractivity contribution in [3.63, 3.8) is 0 Å². The Morgan fingerprint density at radius 1 is 1.29 bits per heavy atom. The topological polar surface area (TPSA) is 79.3 Å². The van der Waals surface area contributed by atoms with Crippen LogP contribution >= 0.6 is 15.9 Å². The molecule has 2 rings (SSSR count). The number of nitrogens with one attached hydrogen (secondary N) is 1. The summed E-state index contributed by atoms with van der Waals surface area (Å²) in [5.41, 5.74) is 0.703. The summed E-state index contributed by atoms with van der Waals surface area (Å²) >= 11 is 3.37. The number of aromatic nitrogens is 1. The molecule has 0 saturated heterocycles. The number of carboxylic acids is 1. The first-order chi connectivity index (χ1) is 9.99. The van der Waals surface area contributed by atoms with E-state index in [0.717, 1.165) is 10.0 Å². The molecule has 0 aliphatic heterocycles. The normalized spacial score (nSPS) is 11.7. The van der Waals surface area contributed by atoms with Gasteiger partial charge in [-0.3, -0.25) is 9.78 Å². The molecule has 0 saturated carbocycles.